The largest absolute Gasteiger partial charge is 0.245 e. The highest BCUT2D eigenvalue weighted by Gasteiger charge is 2.35. The second-order valence-corrected chi connectivity index (χ2v) is 7.93. The first-order chi connectivity index (χ1) is 10.1. The van der Waals surface area contributed by atoms with Crippen molar-refractivity contribution in [2.45, 2.75) is 62.8 Å². The molecule has 7 heteroatoms. The Labute approximate surface area is 125 Å². The summed E-state index contributed by atoms with van der Waals surface area (Å²) >= 11 is 0. The summed E-state index contributed by atoms with van der Waals surface area (Å²) in [6, 6.07) is 0.242. The topological polar surface area (TPSA) is 76.9 Å². The van der Waals surface area contributed by atoms with E-state index in [0.717, 1.165) is 25.7 Å². The third-order valence-electron chi connectivity index (χ3n) is 4.04. The van der Waals surface area contributed by atoms with Gasteiger partial charge in [0, 0.05) is 0 Å². The Balaban J connectivity index is 1.61. The molecule has 1 unspecified atom stereocenters. The van der Waals surface area contributed by atoms with Gasteiger partial charge in [-0.3, -0.25) is 0 Å². The van der Waals surface area contributed by atoms with Crippen LogP contribution in [0.25, 0.3) is 0 Å². The van der Waals surface area contributed by atoms with Gasteiger partial charge in [-0.2, -0.15) is 0 Å². The minimum atomic E-state index is -3.15. The van der Waals surface area contributed by atoms with Gasteiger partial charge in [0.1, 0.15) is 0 Å². The highest BCUT2D eigenvalue weighted by Crippen LogP contribution is 2.27. The first kappa shape index (κ1) is 14.7. The summed E-state index contributed by atoms with van der Waals surface area (Å²) in [5, 5.41) is 8.04. The van der Waals surface area contributed by atoms with E-state index >= 15 is 0 Å². The van der Waals surface area contributed by atoms with Gasteiger partial charge >= 0.3 is 0 Å². The zero-order valence-corrected chi connectivity index (χ0v) is 12.9. The van der Waals surface area contributed by atoms with Gasteiger partial charge in [-0.25, -0.2) is 17.8 Å². The molecular weight excluding hydrogens is 288 g/mol. The van der Waals surface area contributed by atoms with Gasteiger partial charge in [-0.05, 0) is 32.1 Å². The maximum atomic E-state index is 11.8. The van der Waals surface area contributed by atoms with Crippen LogP contribution in [0.2, 0.25) is 0 Å². The van der Waals surface area contributed by atoms with Crippen LogP contribution in [0.1, 0.15) is 56.7 Å². The van der Waals surface area contributed by atoms with E-state index in [-0.39, 0.29) is 17.8 Å². The molecule has 0 bridgehead atoms. The summed E-state index contributed by atoms with van der Waals surface area (Å²) in [5.74, 6) is 0. The summed E-state index contributed by atoms with van der Waals surface area (Å²) in [4.78, 5) is 0. The number of sulfonamides is 1. The molecule has 1 heterocycles. The molecule has 0 radical (unpaired) electrons. The van der Waals surface area contributed by atoms with Gasteiger partial charge in [0.05, 0.1) is 29.7 Å². The molecule has 1 saturated carbocycles. The van der Waals surface area contributed by atoms with Crippen molar-refractivity contribution < 1.29 is 8.42 Å². The summed E-state index contributed by atoms with van der Waals surface area (Å²) < 4.78 is 28.0. The third-order valence-corrected chi connectivity index (χ3v) is 5.94. The molecule has 6 nitrogen and oxygen atoms in total. The minimum absolute atomic E-state index is 0.193. The predicted molar refractivity (Wildman–Crippen MR) is 80.1 cm³/mol. The van der Waals surface area contributed by atoms with Gasteiger partial charge < -0.3 is 0 Å². The zero-order valence-electron chi connectivity index (χ0n) is 12.1. The Bertz CT molecular complexity index is 604. The van der Waals surface area contributed by atoms with Gasteiger partial charge in [-0.15, -0.1) is 5.10 Å². The fourth-order valence-electron chi connectivity index (χ4n) is 2.59. The van der Waals surface area contributed by atoms with Crippen LogP contribution >= 0.6 is 0 Å². The fraction of sp³-hybridized carbons (Fsp3) is 0.714. The van der Waals surface area contributed by atoms with E-state index in [0.29, 0.717) is 5.69 Å². The smallest absolute Gasteiger partial charge is 0.214 e. The second-order valence-electron chi connectivity index (χ2n) is 5.89. The predicted octanol–water partition coefficient (Wildman–Crippen LogP) is 1.92. The van der Waals surface area contributed by atoms with Crippen LogP contribution in [0.4, 0.5) is 0 Å². The van der Waals surface area contributed by atoms with E-state index in [9.17, 15) is 8.42 Å². The highest BCUT2D eigenvalue weighted by atomic mass is 32.2. The second kappa shape index (κ2) is 6.27. The van der Waals surface area contributed by atoms with E-state index in [1.807, 2.05) is 10.9 Å². The number of allylic oxidation sites excluding steroid dienone is 2. The Morgan fingerprint density at radius 1 is 1.24 bits per heavy atom. The lowest BCUT2D eigenvalue weighted by Gasteiger charge is -2.14. The first-order valence-electron chi connectivity index (χ1n) is 7.71. The highest BCUT2D eigenvalue weighted by molar-refractivity contribution is 7.90. The van der Waals surface area contributed by atoms with E-state index in [4.69, 9.17) is 0 Å². The van der Waals surface area contributed by atoms with Crippen LogP contribution in [0, 0.1) is 0 Å². The molecule has 2 aliphatic rings. The van der Waals surface area contributed by atoms with Crippen molar-refractivity contribution in [1.29, 1.82) is 0 Å². The van der Waals surface area contributed by atoms with Gasteiger partial charge in [-0.1, -0.05) is 30.2 Å². The summed E-state index contributed by atoms with van der Waals surface area (Å²) in [5.41, 5.74) is 0.676. The van der Waals surface area contributed by atoms with Crippen LogP contribution in [0.15, 0.2) is 18.3 Å². The quantitative estimate of drug-likeness (QED) is 0.843. The Hall–Kier alpha value is -1.21. The number of hydrogen-bond donors (Lipinski definition) is 1. The molecule has 1 atom stereocenters. The van der Waals surface area contributed by atoms with Crippen LogP contribution in [-0.4, -0.2) is 28.7 Å². The standard InChI is InChI=1S/C14H22N4O2S/c19-21(20,14-8-9-14)15-10-12-11-18(17-16-12)13-6-4-2-1-3-5-7-13/h4,6,11,13-15H,1-3,5,7-10H2/b6-4-. The molecular formula is C14H22N4O2S. The number of nitrogens with zero attached hydrogens (tertiary/aromatic N) is 3. The average molecular weight is 310 g/mol. The molecule has 21 heavy (non-hydrogen) atoms. The Morgan fingerprint density at radius 3 is 2.90 bits per heavy atom. The van der Waals surface area contributed by atoms with Gasteiger partial charge in [0.2, 0.25) is 10.0 Å². The molecule has 1 aromatic rings. The third kappa shape index (κ3) is 3.91. The molecule has 0 aliphatic heterocycles. The Morgan fingerprint density at radius 2 is 2.10 bits per heavy atom. The molecule has 0 saturated heterocycles. The maximum Gasteiger partial charge on any atom is 0.214 e. The lowest BCUT2D eigenvalue weighted by Crippen LogP contribution is -2.26. The average Bonchev–Trinajstić information content (AvgIpc) is 3.18. The molecule has 3 rings (SSSR count). The van der Waals surface area contributed by atoms with Gasteiger partial charge in [0.25, 0.3) is 0 Å². The van der Waals surface area contributed by atoms with Crippen molar-refractivity contribution >= 4 is 10.0 Å². The SMILES string of the molecule is O=S(=O)(NCc1cn(C2/C=C\CCCCC2)nn1)C1CC1. The molecule has 2 aliphatic carbocycles. The summed E-state index contributed by atoms with van der Waals surface area (Å²) in [6.45, 7) is 0.231. The lowest BCUT2D eigenvalue weighted by atomic mass is 10.0. The number of nitrogens with one attached hydrogen (secondary N) is 1. The van der Waals surface area contributed by atoms with Gasteiger partial charge in [0.15, 0.2) is 0 Å². The monoisotopic (exact) mass is 310 g/mol. The van der Waals surface area contributed by atoms with Crippen molar-refractivity contribution in [1.82, 2.24) is 19.7 Å². The van der Waals surface area contributed by atoms with Crippen molar-refractivity contribution in [3.8, 4) is 0 Å². The first-order valence-corrected chi connectivity index (χ1v) is 9.25. The lowest BCUT2D eigenvalue weighted by molar-refractivity contribution is 0.456. The number of rotatable bonds is 5. The maximum absolute atomic E-state index is 11.8. The summed E-state index contributed by atoms with van der Waals surface area (Å²) in [6.07, 6.45) is 13.7. The fourth-order valence-corrected chi connectivity index (χ4v) is 3.93. The van der Waals surface area contributed by atoms with Crippen LogP contribution < -0.4 is 4.72 Å². The minimum Gasteiger partial charge on any atom is -0.245 e. The van der Waals surface area contributed by atoms with E-state index in [2.05, 4.69) is 27.2 Å². The van der Waals surface area contributed by atoms with E-state index in [1.165, 1.54) is 19.3 Å². The van der Waals surface area contributed by atoms with Crippen molar-refractivity contribution in [3.63, 3.8) is 0 Å². The van der Waals surface area contributed by atoms with Crippen LogP contribution in [0.5, 0.6) is 0 Å². The number of hydrogen-bond acceptors (Lipinski definition) is 4. The molecule has 1 N–H and O–H groups in total. The van der Waals surface area contributed by atoms with Crippen molar-refractivity contribution in [3.05, 3.63) is 24.0 Å². The van der Waals surface area contributed by atoms with E-state index in [1.54, 1.807) is 0 Å². The molecule has 0 aromatic carbocycles. The Kier molecular flexibility index (Phi) is 4.40. The molecule has 1 aromatic heterocycles. The van der Waals surface area contributed by atoms with Crippen molar-refractivity contribution in [2.75, 3.05) is 0 Å². The van der Waals surface area contributed by atoms with E-state index < -0.39 is 10.0 Å². The summed E-state index contributed by atoms with van der Waals surface area (Å²) in [7, 11) is -3.15. The molecule has 0 spiro atoms. The molecule has 1 fully saturated rings. The zero-order chi connectivity index (χ0) is 14.7. The molecule has 0 amide bonds. The van der Waals surface area contributed by atoms with Crippen molar-refractivity contribution in [2.24, 2.45) is 0 Å². The van der Waals surface area contributed by atoms with Crippen LogP contribution in [-0.2, 0) is 16.6 Å². The molecule has 116 valence electrons. The van der Waals surface area contributed by atoms with Crippen LogP contribution in [0.3, 0.4) is 0 Å². The number of aromatic nitrogens is 3. The normalized spacial score (nSPS) is 25.2.